The lowest BCUT2D eigenvalue weighted by Crippen LogP contribution is -2.03. The summed E-state index contributed by atoms with van der Waals surface area (Å²) < 4.78 is 17.8. The van der Waals surface area contributed by atoms with Crippen LogP contribution in [0.15, 0.2) is 85.2 Å². The van der Waals surface area contributed by atoms with Gasteiger partial charge in [0.05, 0.1) is 16.1 Å². The van der Waals surface area contributed by atoms with E-state index in [2.05, 4.69) is 11.1 Å². The lowest BCUT2D eigenvalue weighted by molar-refractivity contribution is 0.111. The molecular weight excluding hydrogens is 547 g/mol. The maximum atomic E-state index is 11.7. The number of benzene rings is 3. The van der Waals surface area contributed by atoms with Crippen molar-refractivity contribution in [3.05, 3.63) is 118 Å². The molecule has 3 aromatic carbocycles. The van der Waals surface area contributed by atoms with Crippen molar-refractivity contribution in [2.24, 2.45) is 0 Å². The van der Waals surface area contributed by atoms with E-state index >= 15 is 0 Å². The molecule has 1 aromatic heterocycles. The molecule has 40 heavy (non-hydrogen) atoms. The molecule has 0 amide bonds. The number of halogens is 2. The minimum Gasteiger partial charge on any atom is -0.490 e. The largest absolute Gasteiger partial charge is 0.490 e. The zero-order valence-corrected chi connectivity index (χ0v) is 23.3. The van der Waals surface area contributed by atoms with Crippen molar-refractivity contribution in [3.63, 3.8) is 0 Å². The predicted molar refractivity (Wildman–Crippen MR) is 156 cm³/mol. The van der Waals surface area contributed by atoms with E-state index in [0.29, 0.717) is 52.0 Å². The Labute approximate surface area is 243 Å². The van der Waals surface area contributed by atoms with Gasteiger partial charge in [-0.2, -0.15) is 5.26 Å². The number of allylic oxidation sites excluding steroid dienone is 1. The number of rotatable bonds is 12. The second-order valence-electron chi connectivity index (χ2n) is 8.76. The van der Waals surface area contributed by atoms with E-state index in [1.54, 1.807) is 18.3 Å². The number of carbonyl (C=O) groups is 1. The van der Waals surface area contributed by atoms with E-state index in [1.165, 1.54) is 12.3 Å². The Kier molecular flexibility index (Phi) is 10.2. The summed E-state index contributed by atoms with van der Waals surface area (Å²) in [5.41, 5.74) is 5.53. The van der Waals surface area contributed by atoms with Gasteiger partial charge in [0.2, 0.25) is 0 Å². The minimum atomic E-state index is 0.122. The molecule has 1 heterocycles. The third-order valence-electron chi connectivity index (χ3n) is 6.09. The molecule has 0 aliphatic heterocycles. The standard InChI is InChI=1S/C32H26Cl2N2O4/c1-22-26(7-5-9-29(22)25-6-4-8-28(13-25)38-11-3-2-10-33)21-40-32-15-31(27(19-37)14-30(32)34)39-20-24-12-23(16-35)17-36-18-24/h2-9,12-15,17-19H,10-11,20-21H2,1H3. The van der Waals surface area contributed by atoms with Crippen molar-refractivity contribution in [1.82, 2.24) is 4.98 Å². The van der Waals surface area contributed by atoms with Gasteiger partial charge in [-0.3, -0.25) is 9.78 Å². The van der Waals surface area contributed by atoms with Gasteiger partial charge in [0.1, 0.15) is 43.1 Å². The van der Waals surface area contributed by atoms with E-state index in [4.69, 9.17) is 42.7 Å². The lowest BCUT2D eigenvalue weighted by Gasteiger charge is -2.16. The molecule has 0 aliphatic rings. The first kappa shape index (κ1) is 28.7. The predicted octanol–water partition coefficient (Wildman–Crippen LogP) is 7.73. The van der Waals surface area contributed by atoms with Crippen LogP contribution >= 0.6 is 23.2 Å². The maximum Gasteiger partial charge on any atom is 0.153 e. The smallest absolute Gasteiger partial charge is 0.153 e. The summed E-state index contributed by atoms with van der Waals surface area (Å²) in [6.45, 7) is 2.87. The van der Waals surface area contributed by atoms with Crippen LogP contribution in [0.25, 0.3) is 11.1 Å². The highest BCUT2D eigenvalue weighted by molar-refractivity contribution is 6.32. The van der Waals surface area contributed by atoms with Crippen LogP contribution in [0.3, 0.4) is 0 Å². The molecule has 0 radical (unpaired) electrons. The van der Waals surface area contributed by atoms with Crippen molar-refractivity contribution in [1.29, 1.82) is 5.26 Å². The summed E-state index contributed by atoms with van der Waals surface area (Å²) in [5, 5.41) is 9.39. The molecule has 0 fully saturated rings. The lowest BCUT2D eigenvalue weighted by atomic mass is 9.96. The normalized spacial score (nSPS) is 10.8. The Morgan fingerprint density at radius 2 is 1.77 bits per heavy atom. The molecule has 202 valence electrons. The van der Waals surface area contributed by atoms with Gasteiger partial charge in [-0.25, -0.2) is 0 Å². The highest BCUT2D eigenvalue weighted by atomic mass is 35.5. The number of hydrogen-bond acceptors (Lipinski definition) is 6. The van der Waals surface area contributed by atoms with Crippen molar-refractivity contribution in [2.75, 3.05) is 12.5 Å². The zero-order chi connectivity index (χ0) is 28.3. The minimum absolute atomic E-state index is 0.122. The fraction of sp³-hybridized carbons (Fsp3) is 0.156. The molecule has 4 aromatic rings. The van der Waals surface area contributed by atoms with Crippen LogP contribution in [-0.4, -0.2) is 23.8 Å². The molecule has 6 nitrogen and oxygen atoms in total. The Hall–Kier alpha value is -4.31. The van der Waals surface area contributed by atoms with E-state index in [9.17, 15) is 4.79 Å². The molecule has 4 rings (SSSR count). The number of alkyl halides is 1. The first-order valence-electron chi connectivity index (χ1n) is 12.4. The maximum absolute atomic E-state index is 11.7. The molecule has 0 bridgehead atoms. The molecule has 0 spiro atoms. The van der Waals surface area contributed by atoms with Crippen molar-refractivity contribution < 1.29 is 19.0 Å². The molecule has 0 N–H and O–H groups in total. The van der Waals surface area contributed by atoms with Crippen molar-refractivity contribution in [3.8, 4) is 34.4 Å². The number of carbonyl (C=O) groups excluding carboxylic acids is 1. The van der Waals surface area contributed by atoms with Gasteiger partial charge in [-0.05, 0) is 53.4 Å². The van der Waals surface area contributed by atoms with Crippen LogP contribution < -0.4 is 14.2 Å². The van der Waals surface area contributed by atoms with E-state index < -0.39 is 0 Å². The number of aromatic nitrogens is 1. The van der Waals surface area contributed by atoms with Crippen LogP contribution in [-0.2, 0) is 13.2 Å². The fourth-order valence-electron chi connectivity index (χ4n) is 4.00. The van der Waals surface area contributed by atoms with Gasteiger partial charge in [0, 0.05) is 29.9 Å². The fourth-order valence-corrected chi connectivity index (χ4v) is 4.36. The first-order valence-corrected chi connectivity index (χ1v) is 13.3. The summed E-state index contributed by atoms with van der Waals surface area (Å²) in [6.07, 6.45) is 7.48. The monoisotopic (exact) mass is 572 g/mol. The molecule has 8 heteroatoms. The third-order valence-corrected chi connectivity index (χ3v) is 6.56. The number of hydrogen-bond donors (Lipinski definition) is 0. The summed E-state index contributed by atoms with van der Waals surface area (Å²) in [7, 11) is 0. The number of ether oxygens (including phenoxy) is 3. The first-order chi connectivity index (χ1) is 19.5. The van der Waals surface area contributed by atoms with E-state index in [0.717, 1.165) is 28.0 Å². The number of nitrogens with zero attached hydrogens (tertiary/aromatic N) is 2. The van der Waals surface area contributed by atoms with Crippen molar-refractivity contribution in [2.45, 2.75) is 20.1 Å². The summed E-state index contributed by atoms with van der Waals surface area (Å²) >= 11 is 12.1. The molecular formula is C32H26Cl2N2O4. The summed E-state index contributed by atoms with van der Waals surface area (Å²) in [4.78, 5) is 15.7. The van der Waals surface area contributed by atoms with Crippen molar-refractivity contribution >= 4 is 29.5 Å². The molecule has 0 atom stereocenters. The second kappa shape index (κ2) is 14.2. The molecule has 0 unspecified atom stereocenters. The van der Waals surface area contributed by atoms with Crippen LogP contribution in [0.1, 0.15) is 32.6 Å². The highest BCUT2D eigenvalue weighted by Crippen LogP contribution is 2.34. The second-order valence-corrected chi connectivity index (χ2v) is 9.48. The molecule has 0 saturated carbocycles. The van der Waals surface area contributed by atoms with Crippen LogP contribution in [0.2, 0.25) is 5.02 Å². The third kappa shape index (κ3) is 7.41. The van der Waals surface area contributed by atoms with Crippen LogP contribution in [0.4, 0.5) is 0 Å². The quantitative estimate of drug-likeness (QED) is 0.0981. The number of aldehydes is 1. The average molecular weight is 573 g/mol. The molecule has 0 aliphatic carbocycles. The van der Waals surface area contributed by atoms with Gasteiger partial charge in [0.25, 0.3) is 0 Å². The average Bonchev–Trinajstić information content (AvgIpc) is 2.98. The SMILES string of the molecule is Cc1c(COc2cc(OCc3cncc(C#N)c3)c(C=O)cc2Cl)cccc1-c1cccc(OCC=CCCl)c1. The summed E-state index contributed by atoms with van der Waals surface area (Å²) in [6, 6.07) is 20.8. The van der Waals surface area contributed by atoms with E-state index in [-0.39, 0.29) is 13.2 Å². The Balaban J connectivity index is 1.50. The van der Waals surface area contributed by atoms with Crippen LogP contribution in [0, 0.1) is 18.3 Å². The number of pyridine rings is 1. The highest BCUT2D eigenvalue weighted by Gasteiger charge is 2.13. The van der Waals surface area contributed by atoms with Gasteiger partial charge >= 0.3 is 0 Å². The topological polar surface area (TPSA) is 81.4 Å². The van der Waals surface area contributed by atoms with Gasteiger partial charge in [0.15, 0.2) is 6.29 Å². The number of nitriles is 1. The zero-order valence-electron chi connectivity index (χ0n) is 21.8. The van der Waals surface area contributed by atoms with Gasteiger partial charge in [-0.15, -0.1) is 11.6 Å². The van der Waals surface area contributed by atoms with Gasteiger partial charge in [-0.1, -0.05) is 54.1 Å². The summed E-state index contributed by atoms with van der Waals surface area (Å²) in [5.74, 6) is 1.92. The van der Waals surface area contributed by atoms with Crippen LogP contribution in [0.5, 0.6) is 17.2 Å². The van der Waals surface area contributed by atoms with E-state index in [1.807, 2.05) is 61.5 Å². The Bertz CT molecular complexity index is 1560. The van der Waals surface area contributed by atoms with Gasteiger partial charge < -0.3 is 14.2 Å². The Morgan fingerprint density at radius 3 is 2.58 bits per heavy atom. The molecule has 0 saturated heterocycles. The Morgan fingerprint density at radius 1 is 0.950 bits per heavy atom.